The first-order chi connectivity index (χ1) is 8.85. The number of rotatable bonds is 4. The Morgan fingerprint density at radius 1 is 1.56 bits per heavy atom. The molecule has 0 fully saturated rings. The smallest absolute Gasteiger partial charge is 0.174 e. The van der Waals surface area contributed by atoms with E-state index in [-0.39, 0.29) is 0 Å². The van der Waals surface area contributed by atoms with E-state index in [2.05, 4.69) is 21.1 Å². The molecule has 0 saturated carbocycles. The molecular formula is C12H11N5O. The molecule has 18 heavy (non-hydrogen) atoms. The van der Waals surface area contributed by atoms with E-state index in [9.17, 15) is 0 Å². The van der Waals surface area contributed by atoms with E-state index >= 15 is 0 Å². The molecule has 1 aromatic carbocycles. The van der Waals surface area contributed by atoms with Gasteiger partial charge in [0.1, 0.15) is 18.7 Å². The quantitative estimate of drug-likeness (QED) is 0.604. The lowest BCUT2D eigenvalue weighted by atomic mass is 10.2. The Morgan fingerprint density at radius 2 is 2.44 bits per heavy atom. The number of benzene rings is 1. The van der Waals surface area contributed by atoms with Gasteiger partial charge in [0, 0.05) is 0 Å². The number of aromatic nitrogens is 3. The first kappa shape index (κ1) is 11.8. The second-order valence-electron chi connectivity index (χ2n) is 3.34. The first-order valence-corrected chi connectivity index (χ1v) is 5.38. The molecule has 1 aromatic heterocycles. The number of aliphatic imine (C=N–C) groups is 1. The van der Waals surface area contributed by atoms with Gasteiger partial charge < -0.3 is 4.74 Å². The molecule has 90 valence electrons. The number of hydrogen-bond donors (Lipinski definition) is 0. The minimum Gasteiger partial charge on any atom is -0.483 e. The molecule has 0 saturated heterocycles. The van der Waals surface area contributed by atoms with Crippen molar-refractivity contribution in [2.24, 2.45) is 4.99 Å². The topological polar surface area (TPSA) is 76.1 Å². The molecule has 0 radical (unpaired) electrons. The van der Waals surface area contributed by atoms with Gasteiger partial charge in [-0.3, -0.25) is 0 Å². The highest BCUT2D eigenvalue weighted by atomic mass is 16.5. The molecule has 0 spiro atoms. The average molecular weight is 241 g/mol. The number of nitriles is 1. The fourth-order valence-corrected chi connectivity index (χ4v) is 1.38. The normalized spacial score (nSPS) is 10.4. The monoisotopic (exact) mass is 241 g/mol. The maximum Gasteiger partial charge on any atom is 0.174 e. The van der Waals surface area contributed by atoms with Crippen LogP contribution >= 0.6 is 0 Å². The molecule has 0 aliphatic carbocycles. The van der Waals surface area contributed by atoms with Gasteiger partial charge in [-0.25, -0.2) is 14.7 Å². The summed E-state index contributed by atoms with van der Waals surface area (Å²) in [6.45, 7) is 2.41. The highest BCUT2D eigenvalue weighted by Crippen LogP contribution is 2.21. The summed E-state index contributed by atoms with van der Waals surface area (Å²) in [5.41, 5.74) is 1.79. The molecule has 0 bridgehead atoms. The molecule has 0 N–H and O–H groups in total. The Hall–Kier alpha value is -2.68. The number of hydrogen-bond acceptors (Lipinski definition) is 5. The van der Waals surface area contributed by atoms with Crippen LogP contribution in [0.3, 0.4) is 0 Å². The molecule has 0 amide bonds. The van der Waals surface area contributed by atoms with Crippen molar-refractivity contribution in [2.75, 3.05) is 6.61 Å². The van der Waals surface area contributed by atoms with Gasteiger partial charge in [0.2, 0.25) is 0 Å². The van der Waals surface area contributed by atoms with Crippen molar-refractivity contribution in [1.29, 1.82) is 5.26 Å². The van der Waals surface area contributed by atoms with Gasteiger partial charge in [-0.2, -0.15) is 10.4 Å². The Labute approximate surface area is 104 Å². The highest BCUT2D eigenvalue weighted by Gasteiger charge is 2.04. The largest absolute Gasteiger partial charge is 0.483 e. The van der Waals surface area contributed by atoms with E-state index < -0.39 is 0 Å². The molecule has 6 nitrogen and oxygen atoms in total. The van der Waals surface area contributed by atoms with E-state index in [0.717, 1.165) is 5.69 Å². The van der Waals surface area contributed by atoms with Crippen LogP contribution in [0.25, 0.3) is 5.69 Å². The Morgan fingerprint density at radius 3 is 3.11 bits per heavy atom. The van der Waals surface area contributed by atoms with E-state index in [1.807, 2.05) is 13.0 Å². The summed E-state index contributed by atoms with van der Waals surface area (Å²) in [6.07, 6.45) is 4.35. The Kier molecular flexibility index (Phi) is 3.66. The highest BCUT2D eigenvalue weighted by molar-refractivity contribution is 5.63. The van der Waals surface area contributed by atoms with E-state index in [1.54, 1.807) is 23.1 Å². The zero-order valence-electron chi connectivity index (χ0n) is 9.82. The summed E-state index contributed by atoms with van der Waals surface area (Å²) >= 11 is 0. The van der Waals surface area contributed by atoms with E-state index in [1.165, 1.54) is 12.7 Å². The van der Waals surface area contributed by atoms with Crippen molar-refractivity contribution in [1.82, 2.24) is 14.8 Å². The zero-order chi connectivity index (χ0) is 12.8. The Balaban J connectivity index is 2.32. The van der Waals surface area contributed by atoms with Crippen LogP contribution in [0.4, 0.5) is 5.69 Å². The number of nitrogens with zero attached hydrogens (tertiary/aromatic N) is 5. The SMILES string of the molecule is CCOC=Nc1ccc(-n2cncn2)cc1C#N. The van der Waals surface area contributed by atoms with Crippen LogP contribution in [0.5, 0.6) is 0 Å². The minimum atomic E-state index is 0.457. The van der Waals surface area contributed by atoms with Crippen molar-refractivity contribution in [3.8, 4) is 11.8 Å². The second-order valence-corrected chi connectivity index (χ2v) is 3.34. The van der Waals surface area contributed by atoms with Crippen molar-refractivity contribution in [3.05, 3.63) is 36.4 Å². The molecule has 0 unspecified atom stereocenters. The van der Waals surface area contributed by atoms with Crippen LogP contribution in [0.15, 0.2) is 35.8 Å². The predicted molar refractivity (Wildman–Crippen MR) is 65.9 cm³/mol. The van der Waals surface area contributed by atoms with Crippen LogP contribution in [0, 0.1) is 11.3 Å². The van der Waals surface area contributed by atoms with Crippen molar-refractivity contribution >= 4 is 12.1 Å². The molecule has 0 aliphatic heterocycles. The summed E-state index contributed by atoms with van der Waals surface area (Å²) in [7, 11) is 0. The van der Waals surface area contributed by atoms with Crippen LogP contribution in [-0.4, -0.2) is 27.8 Å². The van der Waals surface area contributed by atoms with Crippen molar-refractivity contribution in [2.45, 2.75) is 6.92 Å². The third kappa shape index (κ3) is 2.52. The van der Waals surface area contributed by atoms with Gasteiger partial charge in [-0.15, -0.1) is 0 Å². The van der Waals surface area contributed by atoms with Crippen LogP contribution in [-0.2, 0) is 4.74 Å². The molecule has 0 atom stereocenters. The lowest BCUT2D eigenvalue weighted by molar-refractivity contribution is 0.344. The summed E-state index contributed by atoms with van der Waals surface area (Å²) < 4.78 is 6.59. The minimum absolute atomic E-state index is 0.457. The van der Waals surface area contributed by atoms with Crippen LogP contribution in [0.1, 0.15) is 12.5 Å². The first-order valence-electron chi connectivity index (χ1n) is 5.38. The number of ether oxygens (including phenoxy) is 1. The third-order valence-electron chi connectivity index (χ3n) is 2.22. The predicted octanol–water partition coefficient (Wildman–Crippen LogP) is 1.84. The summed E-state index contributed by atoms with van der Waals surface area (Å²) in [4.78, 5) is 7.93. The van der Waals surface area contributed by atoms with Crippen molar-refractivity contribution < 1.29 is 4.74 Å². The lowest BCUT2D eigenvalue weighted by Crippen LogP contribution is -1.95. The van der Waals surface area contributed by atoms with E-state index in [0.29, 0.717) is 17.9 Å². The van der Waals surface area contributed by atoms with Gasteiger partial charge >= 0.3 is 0 Å². The lowest BCUT2D eigenvalue weighted by Gasteiger charge is -2.03. The van der Waals surface area contributed by atoms with Gasteiger partial charge in [-0.1, -0.05) is 0 Å². The molecule has 2 rings (SSSR count). The zero-order valence-corrected chi connectivity index (χ0v) is 9.82. The summed E-state index contributed by atoms with van der Waals surface area (Å²) in [5, 5.41) is 13.1. The van der Waals surface area contributed by atoms with Gasteiger partial charge in [-0.05, 0) is 25.1 Å². The second kappa shape index (κ2) is 5.59. The summed E-state index contributed by atoms with van der Waals surface area (Å²) in [6, 6.07) is 7.35. The van der Waals surface area contributed by atoms with Crippen LogP contribution < -0.4 is 0 Å². The van der Waals surface area contributed by atoms with Gasteiger partial charge in [0.05, 0.1) is 23.5 Å². The molecule has 2 aromatic rings. The standard InChI is InChI=1S/C12H11N5O/c1-2-18-9-15-12-4-3-11(5-10(12)6-13)17-8-14-7-16-17/h3-5,7-9H,2H2,1H3. The van der Waals surface area contributed by atoms with Crippen LogP contribution in [0.2, 0.25) is 0 Å². The fraction of sp³-hybridized carbons (Fsp3) is 0.167. The molecular weight excluding hydrogens is 230 g/mol. The van der Waals surface area contributed by atoms with Crippen molar-refractivity contribution in [3.63, 3.8) is 0 Å². The maximum absolute atomic E-state index is 9.09. The average Bonchev–Trinajstić information content (AvgIpc) is 2.93. The maximum atomic E-state index is 9.09. The fourth-order valence-electron chi connectivity index (χ4n) is 1.38. The van der Waals surface area contributed by atoms with Gasteiger partial charge in [0.25, 0.3) is 0 Å². The Bertz CT molecular complexity index is 583. The molecule has 6 heteroatoms. The van der Waals surface area contributed by atoms with E-state index in [4.69, 9.17) is 10.00 Å². The molecule has 0 aliphatic rings. The van der Waals surface area contributed by atoms with Gasteiger partial charge in [0.15, 0.2) is 6.40 Å². The summed E-state index contributed by atoms with van der Waals surface area (Å²) in [5.74, 6) is 0. The molecule has 1 heterocycles. The third-order valence-corrected chi connectivity index (χ3v) is 2.22.